The van der Waals surface area contributed by atoms with Gasteiger partial charge in [-0.05, 0) is 25.5 Å². The molecule has 18 heavy (non-hydrogen) atoms. The fourth-order valence-electron chi connectivity index (χ4n) is 1.57. The first kappa shape index (κ1) is 15.0. The van der Waals surface area contributed by atoms with Crippen LogP contribution in [0.15, 0.2) is 18.2 Å². The molecule has 1 amide bonds. The van der Waals surface area contributed by atoms with Gasteiger partial charge in [-0.25, -0.2) is 0 Å². The first-order chi connectivity index (χ1) is 8.56. The minimum atomic E-state index is -0.166. The number of phenols is 1. The zero-order valence-electron chi connectivity index (χ0n) is 10.6. The highest BCUT2D eigenvalue weighted by Gasteiger charge is 2.11. The molecule has 0 bridgehead atoms. The van der Waals surface area contributed by atoms with Crippen LogP contribution in [0.1, 0.15) is 22.3 Å². The van der Waals surface area contributed by atoms with Gasteiger partial charge in [-0.15, -0.1) is 0 Å². The molecule has 0 aliphatic heterocycles. The molecule has 2 N–H and O–H groups in total. The fourth-order valence-corrected chi connectivity index (χ4v) is 2.06. The smallest absolute Gasteiger partial charge is 0.251 e. The van der Waals surface area contributed by atoms with Gasteiger partial charge in [-0.1, -0.05) is 22.0 Å². The van der Waals surface area contributed by atoms with Crippen LogP contribution in [0.25, 0.3) is 0 Å². The third-order valence-corrected chi connectivity index (χ3v) is 3.36. The molecule has 0 heterocycles. The Morgan fingerprint density at radius 2 is 2.28 bits per heavy atom. The molecule has 0 saturated heterocycles. The van der Waals surface area contributed by atoms with E-state index in [0.717, 1.165) is 6.42 Å². The molecule has 0 aromatic heterocycles. The molecule has 5 heteroatoms. The fraction of sp³-hybridized carbons (Fsp3) is 0.462. The first-order valence-corrected chi connectivity index (χ1v) is 6.67. The van der Waals surface area contributed by atoms with E-state index in [1.807, 2.05) is 0 Å². The van der Waals surface area contributed by atoms with Crippen LogP contribution in [0.2, 0.25) is 0 Å². The second-order valence-electron chi connectivity index (χ2n) is 4.05. The normalized spacial score (nSPS) is 12.2. The van der Waals surface area contributed by atoms with Crippen molar-refractivity contribution in [3.05, 3.63) is 29.3 Å². The lowest BCUT2D eigenvalue weighted by atomic mass is 10.1. The Kier molecular flexibility index (Phi) is 6.15. The summed E-state index contributed by atoms with van der Waals surface area (Å²) in [6.07, 6.45) is 0.789. The van der Waals surface area contributed by atoms with E-state index in [1.165, 1.54) is 0 Å². The zero-order valence-corrected chi connectivity index (χ0v) is 12.2. The number of ether oxygens (including phenoxy) is 1. The van der Waals surface area contributed by atoms with E-state index < -0.39 is 0 Å². The molecule has 1 unspecified atom stereocenters. The van der Waals surface area contributed by atoms with E-state index in [0.29, 0.717) is 24.3 Å². The van der Waals surface area contributed by atoms with Crippen molar-refractivity contribution in [3.63, 3.8) is 0 Å². The molecular formula is C13H18BrNO3. The highest BCUT2D eigenvalue weighted by molar-refractivity contribution is 9.09. The maximum Gasteiger partial charge on any atom is 0.251 e. The van der Waals surface area contributed by atoms with Gasteiger partial charge in [-0.3, -0.25) is 4.79 Å². The number of methoxy groups -OCH3 is 1. The quantitative estimate of drug-likeness (QED) is 0.791. The van der Waals surface area contributed by atoms with Gasteiger partial charge in [0.1, 0.15) is 5.75 Å². The van der Waals surface area contributed by atoms with Gasteiger partial charge < -0.3 is 15.2 Å². The number of alkyl halides is 1. The number of benzene rings is 1. The first-order valence-electron chi connectivity index (χ1n) is 5.76. The summed E-state index contributed by atoms with van der Waals surface area (Å²) in [6.45, 7) is 2.90. The number of carbonyl (C=O) groups is 1. The van der Waals surface area contributed by atoms with Gasteiger partial charge in [0.15, 0.2) is 0 Å². The van der Waals surface area contributed by atoms with Crippen molar-refractivity contribution < 1.29 is 14.6 Å². The van der Waals surface area contributed by atoms with Crippen LogP contribution in [0.4, 0.5) is 0 Å². The summed E-state index contributed by atoms with van der Waals surface area (Å²) in [7, 11) is 1.64. The van der Waals surface area contributed by atoms with Crippen LogP contribution in [-0.4, -0.2) is 36.1 Å². The molecule has 0 aliphatic carbocycles. The van der Waals surface area contributed by atoms with Gasteiger partial charge >= 0.3 is 0 Å². The van der Waals surface area contributed by atoms with Crippen LogP contribution in [0, 0.1) is 6.92 Å². The Morgan fingerprint density at radius 3 is 2.94 bits per heavy atom. The van der Waals surface area contributed by atoms with Crippen LogP contribution in [-0.2, 0) is 4.74 Å². The molecule has 0 spiro atoms. The summed E-state index contributed by atoms with van der Waals surface area (Å²) in [6, 6.07) is 4.93. The molecule has 1 aromatic rings. The number of hydrogen-bond donors (Lipinski definition) is 2. The summed E-state index contributed by atoms with van der Waals surface area (Å²) in [4.78, 5) is 12.1. The topological polar surface area (TPSA) is 58.6 Å². The minimum Gasteiger partial charge on any atom is -0.508 e. The average Bonchev–Trinajstić information content (AvgIpc) is 2.33. The van der Waals surface area contributed by atoms with Crippen molar-refractivity contribution in [3.8, 4) is 5.75 Å². The molecule has 1 rings (SSSR count). The van der Waals surface area contributed by atoms with E-state index in [1.54, 1.807) is 32.2 Å². The van der Waals surface area contributed by atoms with Gasteiger partial charge in [0.2, 0.25) is 0 Å². The predicted octanol–water partition coefficient (Wildman–Crippen LogP) is 2.23. The largest absolute Gasteiger partial charge is 0.508 e. The lowest BCUT2D eigenvalue weighted by Gasteiger charge is -2.11. The summed E-state index contributed by atoms with van der Waals surface area (Å²) in [5.74, 6) is -0.0269. The SMILES string of the molecule is COCC(Br)CCNC(=O)c1cccc(O)c1C. The van der Waals surface area contributed by atoms with E-state index in [-0.39, 0.29) is 16.5 Å². The Morgan fingerprint density at radius 1 is 1.56 bits per heavy atom. The number of amides is 1. The maximum absolute atomic E-state index is 11.9. The van der Waals surface area contributed by atoms with Gasteiger partial charge in [0, 0.05) is 29.6 Å². The number of halogens is 1. The van der Waals surface area contributed by atoms with Crippen molar-refractivity contribution in [2.45, 2.75) is 18.2 Å². The number of carbonyl (C=O) groups excluding carboxylic acids is 1. The van der Waals surface area contributed by atoms with Crippen LogP contribution in [0.3, 0.4) is 0 Å². The Labute approximate surface area is 115 Å². The van der Waals surface area contributed by atoms with Crippen molar-refractivity contribution in [1.82, 2.24) is 5.32 Å². The van der Waals surface area contributed by atoms with Gasteiger partial charge in [0.05, 0.1) is 6.61 Å². The Balaban J connectivity index is 2.48. The van der Waals surface area contributed by atoms with Crippen LogP contribution in [0.5, 0.6) is 5.75 Å². The number of rotatable bonds is 6. The van der Waals surface area contributed by atoms with Crippen molar-refractivity contribution in [1.29, 1.82) is 0 Å². The molecule has 0 aliphatic rings. The number of hydrogen-bond acceptors (Lipinski definition) is 3. The average molecular weight is 316 g/mol. The molecule has 0 saturated carbocycles. The lowest BCUT2D eigenvalue weighted by molar-refractivity contribution is 0.0951. The highest BCUT2D eigenvalue weighted by Crippen LogP contribution is 2.19. The molecular weight excluding hydrogens is 298 g/mol. The second-order valence-corrected chi connectivity index (χ2v) is 5.34. The van der Waals surface area contributed by atoms with Crippen LogP contribution >= 0.6 is 15.9 Å². The summed E-state index contributed by atoms with van der Waals surface area (Å²) >= 11 is 3.45. The van der Waals surface area contributed by atoms with E-state index in [4.69, 9.17) is 4.74 Å². The molecule has 1 atom stereocenters. The third kappa shape index (κ3) is 4.31. The van der Waals surface area contributed by atoms with Crippen LogP contribution < -0.4 is 5.32 Å². The minimum absolute atomic E-state index is 0.139. The summed E-state index contributed by atoms with van der Waals surface area (Å²) < 4.78 is 4.99. The zero-order chi connectivity index (χ0) is 13.5. The maximum atomic E-state index is 11.9. The Hall–Kier alpha value is -1.07. The van der Waals surface area contributed by atoms with Gasteiger partial charge in [0.25, 0.3) is 5.91 Å². The van der Waals surface area contributed by atoms with E-state index in [9.17, 15) is 9.90 Å². The van der Waals surface area contributed by atoms with Crippen molar-refractivity contribution in [2.75, 3.05) is 20.3 Å². The predicted molar refractivity (Wildman–Crippen MR) is 74.4 cm³/mol. The summed E-state index contributed by atoms with van der Waals surface area (Å²) in [5.41, 5.74) is 1.11. The Bertz CT molecular complexity index is 409. The molecule has 4 nitrogen and oxygen atoms in total. The number of nitrogens with one attached hydrogen (secondary N) is 1. The van der Waals surface area contributed by atoms with E-state index in [2.05, 4.69) is 21.2 Å². The molecule has 0 radical (unpaired) electrons. The molecule has 0 fully saturated rings. The molecule has 100 valence electrons. The standard InChI is InChI=1S/C13H18BrNO3/c1-9-11(4-3-5-12(9)16)13(17)15-7-6-10(14)8-18-2/h3-5,10,16H,6-8H2,1-2H3,(H,15,17). The highest BCUT2D eigenvalue weighted by atomic mass is 79.9. The second kappa shape index (κ2) is 7.38. The number of phenolic OH excluding ortho intramolecular Hbond substituents is 1. The van der Waals surface area contributed by atoms with Gasteiger partial charge in [-0.2, -0.15) is 0 Å². The molecule has 1 aromatic carbocycles. The summed E-state index contributed by atoms with van der Waals surface area (Å²) in [5, 5.41) is 12.3. The van der Waals surface area contributed by atoms with Crippen molar-refractivity contribution >= 4 is 21.8 Å². The third-order valence-electron chi connectivity index (χ3n) is 2.64. The number of aromatic hydroxyl groups is 1. The van der Waals surface area contributed by atoms with Crippen molar-refractivity contribution in [2.24, 2.45) is 0 Å². The lowest BCUT2D eigenvalue weighted by Crippen LogP contribution is -2.27. The monoisotopic (exact) mass is 315 g/mol. The van der Waals surface area contributed by atoms with E-state index >= 15 is 0 Å².